The molecule has 8 heteroatoms. The quantitative estimate of drug-likeness (QED) is 0.610. The van der Waals surface area contributed by atoms with Gasteiger partial charge in [-0.1, -0.05) is 35.5 Å². The Labute approximate surface area is 147 Å². The molecule has 1 aromatic carbocycles. The molecule has 1 aliphatic carbocycles. The summed E-state index contributed by atoms with van der Waals surface area (Å²) in [4.78, 5) is 20.9. The Morgan fingerprint density at radius 1 is 1.19 bits per heavy atom. The molecule has 0 aliphatic heterocycles. The Kier molecular flexibility index (Phi) is 3.27. The van der Waals surface area contributed by atoms with E-state index in [0.29, 0.717) is 17.4 Å². The number of hydrogen-bond donors (Lipinski definition) is 1. The number of fused-ring (bicyclic) bond motifs is 1. The fraction of sp³-hybridized carbons (Fsp3) is 0.167. The zero-order valence-corrected chi connectivity index (χ0v) is 13.7. The maximum Gasteiger partial charge on any atom is 0.296 e. The fourth-order valence-electron chi connectivity index (χ4n) is 2.84. The Balaban J connectivity index is 1.40. The minimum atomic E-state index is -0.455. The highest BCUT2D eigenvalue weighted by molar-refractivity contribution is 6.01. The van der Waals surface area contributed by atoms with E-state index in [9.17, 15) is 4.79 Å². The molecule has 1 aliphatic rings. The van der Waals surface area contributed by atoms with Crippen LogP contribution in [0, 0.1) is 0 Å². The molecule has 1 fully saturated rings. The zero-order valence-electron chi connectivity index (χ0n) is 13.7. The Morgan fingerprint density at radius 3 is 2.85 bits per heavy atom. The second-order valence-corrected chi connectivity index (χ2v) is 6.19. The van der Waals surface area contributed by atoms with E-state index in [0.717, 1.165) is 24.1 Å². The van der Waals surface area contributed by atoms with Crippen LogP contribution in [0.3, 0.4) is 0 Å². The minimum Gasteiger partial charge on any atom is -0.350 e. The van der Waals surface area contributed by atoms with Crippen molar-refractivity contribution in [2.75, 3.05) is 5.32 Å². The largest absolute Gasteiger partial charge is 0.350 e. The molecule has 8 nitrogen and oxygen atoms in total. The number of benzene rings is 1. The van der Waals surface area contributed by atoms with Gasteiger partial charge in [-0.25, -0.2) is 4.98 Å². The van der Waals surface area contributed by atoms with Crippen LogP contribution >= 0.6 is 0 Å². The maximum absolute atomic E-state index is 12.4. The van der Waals surface area contributed by atoms with Crippen LogP contribution in [0.15, 0.2) is 53.2 Å². The molecule has 0 bridgehead atoms. The second kappa shape index (κ2) is 5.76. The van der Waals surface area contributed by atoms with Gasteiger partial charge in [0.25, 0.3) is 17.6 Å². The average molecular weight is 346 g/mol. The van der Waals surface area contributed by atoms with Gasteiger partial charge in [-0.15, -0.1) is 5.10 Å². The van der Waals surface area contributed by atoms with E-state index in [2.05, 4.69) is 25.5 Å². The third-order valence-electron chi connectivity index (χ3n) is 4.29. The van der Waals surface area contributed by atoms with Gasteiger partial charge in [0.05, 0.1) is 5.69 Å². The third kappa shape index (κ3) is 2.61. The van der Waals surface area contributed by atoms with Gasteiger partial charge in [-0.05, 0) is 18.9 Å². The lowest BCUT2D eigenvalue weighted by molar-refractivity contribution is 0.0987. The summed E-state index contributed by atoms with van der Waals surface area (Å²) in [6.45, 7) is 0. The lowest BCUT2D eigenvalue weighted by atomic mass is 10.1. The van der Waals surface area contributed by atoms with E-state index in [1.54, 1.807) is 16.8 Å². The van der Waals surface area contributed by atoms with Gasteiger partial charge >= 0.3 is 0 Å². The number of anilines is 1. The van der Waals surface area contributed by atoms with E-state index in [-0.39, 0.29) is 11.7 Å². The molecule has 1 saturated carbocycles. The summed E-state index contributed by atoms with van der Waals surface area (Å²) in [7, 11) is 0. The Morgan fingerprint density at radius 2 is 2.04 bits per heavy atom. The van der Waals surface area contributed by atoms with E-state index >= 15 is 0 Å². The van der Waals surface area contributed by atoms with Crippen molar-refractivity contribution < 1.29 is 9.32 Å². The monoisotopic (exact) mass is 346 g/mol. The van der Waals surface area contributed by atoms with Crippen molar-refractivity contribution in [1.82, 2.24) is 24.7 Å². The first-order valence-corrected chi connectivity index (χ1v) is 8.33. The molecule has 0 atom stereocenters. The predicted molar refractivity (Wildman–Crippen MR) is 92.6 cm³/mol. The molecular weight excluding hydrogens is 332 g/mol. The number of amides is 1. The summed E-state index contributed by atoms with van der Waals surface area (Å²) in [5.41, 5.74) is 2.53. The average Bonchev–Trinajstić information content (AvgIpc) is 3.24. The molecule has 26 heavy (non-hydrogen) atoms. The number of aromatic nitrogens is 5. The van der Waals surface area contributed by atoms with Gasteiger partial charge in [0.1, 0.15) is 5.69 Å². The number of carbonyl (C=O) groups excluding carboxylic acids is 1. The first kappa shape index (κ1) is 14.8. The van der Waals surface area contributed by atoms with Crippen molar-refractivity contribution in [2.45, 2.75) is 18.8 Å². The summed E-state index contributed by atoms with van der Waals surface area (Å²) in [5, 5.41) is 10.9. The van der Waals surface area contributed by atoms with Crippen molar-refractivity contribution in [1.29, 1.82) is 0 Å². The fourth-order valence-corrected chi connectivity index (χ4v) is 2.84. The molecule has 3 aromatic heterocycles. The first-order chi connectivity index (χ1) is 12.8. The van der Waals surface area contributed by atoms with Gasteiger partial charge in [0, 0.05) is 23.7 Å². The highest BCUT2D eigenvalue weighted by Crippen LogP contribution is 2.39. The van der Waals surface area contributed by atoms with Crippen molar-refractivity contribution in [3.8, 4) is 11.3 Å². The highest BCUT2D eigenvalue weighted by atomic mass is 16.5. The molecule has 0 radical (unpaired) electrons. The van der Waals surface area contributed by atoms with Gasteiger partial charge in [-0.2, -0.15) is 9.50 Å². The van der Waals surface area contributed by atoms with Gasteiger partial charge in [-0.3, -0.25) is 10.1 Å². The smallest absolute Gasteiger partial charge is 0.296 e. The lowest BCUT2D eigenvalue weighted by Crippen LogP contribution is -2.12. The van der Waals surface area contributed by atoms with Gasteiger partial charge in [0.15, 0.2) is 0 Å². The molecule has 0 saturated heterocycles. The topological polar surface area (TPSA) is 98.2 Å². The SMILES string of the molecule is O=C(Nc1nc2nccc(C3CC3)n2n1)c1cc(-c2ccccc2)no1. The summed E-state index contributed by atoms with van der Waals surface area (Å²) >= 11 is 0. The van der Waals surface area contributed by atoms with Crippen molar-refractivity contribution in [3.05, 3.63) is 60.1 Å². The Hall–Kier alpha value is -3.55. The number of rotatable bonds is 4. The number of hydrogen-bond acceptors (Lipinski definition) is 6. The third-order valence-corrected chi connectivity index (χ3v) is 4.29. The summed E-state index contributed by atoms with van der Waals surface area (Å²) in [5.74, 6) is 0.788. The van der Waals surface area contributed by atoms with Crippen LogP contribution in [-0.4, -0.2) is 30.6 Å². The molecule has 1 N–H and O–H groups in total. The maximum atomic E-state index is 12.4. The standard InChI is InChI=1S/C18H14N6O2/c25-16(15-10-13(23-26-15)11-4-2-1-3-5-11)20-17-21-18-19-9-8-14(12-6-7-12)24(18)22-17/h1-5,8-10,12H,6-7H2,(H,20,22,25). The minimum absolute atomic E-state index is 0.0954. The summed E-state index contributed by atoms with van der Waals surface area (Å²) in [6.07, 6.45) is 3.99. The molecule has 1 amide bonds. The van der Waals surface area contributed by atoms with Crippen LogP contribution in [0.2, 0.25) is 0 Å². The van der Waals surface area contributed by atoms with Gasteiger partial charge < -0.3 is 4.52 Å². The van der Waals surface area contributed by atoms with Gasteiger partial charge in [0.2, 0.25) is 5.76 Å². The molecule has 128 valence electrons. The molecule has 3 heterocycles. The molecular formula is C18H14N6O2. The first-order valence-electron chi connectivity index (χ1n) is 8.33. The zero-order chi connectivity index (χ0) is 17.5. The van der Waals surface area contributed by atoms with Crippen molar-refractivity contribution in [2.24, 2.45) is 0 Å². The van der Waals surface area contributed by atoms with Crippen LogP contribution in [0.5, 0.6) is 0 Å². The van der Waals surface area contributed by atoms with Crippen LogP contribution < -0.4 is 5.32 Å². The molecule has 0 unspecified atom stereocenters. The van der Waals surface area contributed by atoms with E-state index in [4.69, 9.17) is 4.52 Å². The predicted octanol–water partition coefficient (Wildman–Crippen LogP) is 2.91. The molecule has 5 rings (SSSR count). The Bertz CT molecular complexity index is 1100. The number of carbonyl (C=O) groups is 1. The summed E-state index contributed by atoms with van der Waals surface area (Å²) < 4.78 is 6.84. The highest BCUT2D eigenvalue weighted by Gasteiger charge is 2.27. The normalized spacial score (nSPS) is 13.8. The number of nitrogens with zero attached hydrogens (tertiary/aromatic N) is 5. The van der Waals surface area contributed by atoms with Crippen LogP contribution in [0.25, 0.3) is 17.0 Å². The van der Waals surface area contributed by atoms with Crippen LogP contribution in [-0.2, 0) is 0 Å². The van der Waals surface area contributed by atoms with E-state index in [1.807, 2.05) is 36.4 Å². The van der Waals surface area contributed by atoms with Crippen molar-refractivity contribution >= 4 is 17.6 Å². The lowest BCUT2D eigenvalue weighted by Gasteiger charge is -1.99. The van der Waals surface area contributed by atoms with Crippen molar-refractivity contribution in [3.63, 3.8) is 0 Å². The summed E-state index contributed by atoms with van der Waals surface area (Å²) in [6, 6.07) is 13.0. The second-order valence-electron chi connectivity index (χ2n) is 6.19. The van der Waals surface area contributed by atoms with E-state index in [1.165, 1.54) is 0 Å². The molecule has 0 spiro atoms. The van der Waals surface area contributed by atoms with Crippen LogP contribution in [0.1, 0.15) is 35.0 Å². The molecule has 4 aromatic rings. The van der Waals surface area contributed by atoms with E-state index < -0.39 is 5.91 Å². The number of nitrogens with one attached hydrogen (secondary N) is 1. The van der Waals surface area contributed by atoms with Crippen LogP contribution in [0.4, 0.5) is 5.95 Å².